The molecule has 0 amide bonds. The number of pyridine rings is 1. The molecule has 0 radical (unpaired) electrons. The fourth-order valence-electron chi connectivity index (χ4n) is 2.79. The van der Waals surface area contributed by atoms with E-state index in [-0.39, 0.29) is 5.25 Å². The van der Waals surface area contributed by atoms with Gasteiger partial charge in [0.25, 0.3) is 5.22 Å². The van der Waals surface area contributed by atoms with Crippen LogP contribution < -0.4 is 0 Å². The normalized spacial score (nSPS) is 12.0. The van der Waals surface area contributed by atoms with Crippen molar-refractivity contribution < 1.29 is 4.42 Å². The average Bonchev–Trinajstić information content (AvgIpc) is 3.17. The lowest BCUT2D eigenvalue weighted by Gasteiger charge is -2.17. The van der Waals surface area contributed by atoms with Gasteiger partial charge < -0.3 is 4.42 Å². The molecule has 0 aliphatic rings. The van der Waals surface area contributed by atoms with Gasteiger partial charge in [-0.2, -0.15) is 0 Å². The summed E-state index contributed by atoms with van der Waals surface area (Å²) in [5, 5.41) is 9.06. The molecule has 0 aliphatic carbocycles. The molecule has 0 bridgehead atoms. The first-order chi connectivity index (χ1) is 12.8. The number of aromatic nitrogens is 3. The summed E-state index contributed by atoms with van der Waals surface area (Å²) in [6.45, 7) is 2.13. The molecule has 2 aromatic carbocycles. The van der Waals surface area contributed by atoms with E-state index in [4.69, 9.17) is 4.42 Å². The third-order valence-electron chi connectivity index (χ3n) is 4.13. The molecule has 4 rings (SSSR count). The van der Waals surface area contributed by atoms with Gasteiger partial charge in [0, 0.05) is 18.0 Å². The van der Waals surface area contributed by atoms with Gasteiger partial charge in [0.15, 0.2) is 0 Å². The molecule has 1 atom stereocenters. The minimum atomic E-state index is 0.0862. The molecule has 0 spiro atoms. The van der Waals surface area contributed by atoms with Crippen molar-refractivity contribution in [2.45, 2.75) is 17.4 Å². The van der Waals surface area contributed by atoms with E-state index < -0.39 is 0 Å². The Morgan fingerprint density at radius 3 is 2.35 bits per heavy atom. The van der Waals surface area contributed by atoms with Gasteiger partial charge in [-0.1, -0.05) is 66.4 Å². The molecular weight excluding hydrogens is 342 g/mol. The summed E-state index contributed by atoms with van der Waals surface area (Å²) in [4.78, 5) is 4.02. The molecule has 0 saturated carbocycles. The second-order valence-corrected chi connectivity index (χ2v) is 6.93. The van der Waals surface area contributed by atoms with Crippen LogP contribution in [-0.2, 0) is 0 Å². The van der Waals surface area contributed by atoms with Crippen LogP contribution in [0.2, 0.25) is 0 Å². The highest BCUT2D eigenvalue weighted by molar-refractivity contribution is 7.99. The van der Waals surface area contributed by atoms with Crippen molar-refractivity contribution in [3.63, 3.8) is 0 Å². The Labute approximate surface area is 156 Å². The summed E-state index contributed by atoms with van der Waals surface area (Å²) in [6, 6.07) is 22.5. The number of rotatable bonds is 5. The van der Waals surface area contributed by atoms with Gasteiger partial charge in [-0.05, 0) is 35.7 Å². The lowest BCUT2D eigenvalue weighted by molar-refractivity contribution is 0.465. The van der Waals surface area contributed by atoms with Crippen LogP contribution in [0.15, 0.2) is 88.8 Å². The van der Waals surface area contributed by atoms with Crippen molar-refractivity contribution in [3.05, 3.63) is 95.8 Å². The Bertz CT molecular complexity index is 986. The molecule has 4 aromatic rings. The Balaban J connectivity index is 1.68. The SMILES string of the molecule is Cc1ccccc1C(Sc1nnc(-c2ccncc2)o1)c1ccccc1. The van der Waals surface area contributed by atoms with E-state index in [9.17, 15) is 0 Å². The quantitative estimate of drug-likeness (QED) is 0.451. The minimum absolute atomic E-state index is 0.0862. The average molecular weight is 359 g/mol. The van der Waals surface area contributed by atoms with Gasteiger partial charge in [-0.3, -0.25) is 4.98 Å². The number of benzene rings is 2. The Morgan fingerprint density at radius 2 is 1.58 bits per heavy atom. The van der Waals surface area contributed by atoms with Crippen LogP contribution in [0.4, 0.5) is 0 Å². The molecule has 5 heteroatoms. The fourth-order valence-corrected chi connectivity index (χ4v) is 3.89. The van der Waals surface area contributed by atoms with E-state index in [1.807, 2.05) is 18.2 Å². The molecule has 0 aliphatic heterocycles. The predicted octanol–water partition coefficient (Wildman–Crippen LogP) is 5.32. The number of hydrogen-bond acceptors (Lipinski definition) is 5. The first kappa shape index (κ1) is 16.5. The van der Waals surface area contributed by atoms with Crippen LogP contribution in [0.5, 0.6) is 0 Å². The number of aryl methyl sites for hydroxylation is 1. The molecule has 0 saturated heterocycles. The fraction of sp³-hybridized carbons (Fsp3) is 0.0952. The smallest absolute Gasteiger partial charge is 0.277 e. The van der Waals surface area contributed by atoms with E-state index in [0.29, 0.717) is 11.1 Å². The van der Waals surface area contributed by atoms with Crippen molar-refractivity contribution in [2.24, 2.45) is 0 Å². The van der Waals surface area contributed by atoms with Crippen molar-refractivity contribution in [1.29, 1.82) is 0 Å². The lowest BCUT2D eigenvalue weighted by atomic mass is 10.0. The first-order valence-electron chi connectivity index (χ1n) is 8.32. The van der Waals surface area contributed by atoms with Gasteiger partial charge in [-0.15, -0.1) is 10.2 Å². The Morgan fingerprint density at radius 1 is 0.846 bits per heavy atom. The zero-order valence-electron chi connectivity index (χ0n) is 14.2. The molecule has 4 nitrogen and oxygen atoms in total. The highest BCUT2D eigenvalue weighted by Gasteiger charge is 2.21. The van der Waals surface area contributed by atoms with Crippen LogP contribution in [0.25, 0.3) is 11.5 Å². The summed E-state index contributed by atoms with van der Waals surface area (Å²) >= 11 is 1.57. The number of hydrogen-bond donors (Lipinski definition) is 0. The second kappa shape index (κ2) is 7.54. The molecule has 2 aromatic heterocycles. The molecule has 128 valence electrons. The molecule has 1 unspecified atom stereocenters. The largest absolute Gasteiger partial charge is 0.411 e. The van der Waals surface area contributed by atoms with Gasteiger partial charge in [-0.25, -0.2) is 0 Å². The van der Waals surface area contributed by atoms with Crippen molar-refractivity contribution in [1.82, 2.24) is 15.2 Å². The molecular formula is C21H17N3OS. The van der Waals surface area contributed by atoms with Crippen LogP contribution in [0.3, 0.4) is 0 Å². The lowest BCUT2D eigenvalue weighted by Crippen LogP contribution is -1.99. The summed E-state index contributed by atoms with van der Waals surface area (Å²) in [5.74, 6) is 0.506. The monoisotopic (exact) mass is 359 g/mol. The Hall–Kier alpha value is -2.92. The van der Waals surface area contributed by atoms with E-state index in [1.165, 1.54) is 16.7 Å². The van der Waals surface area contributed by atoms with E-state index in [2.05, 4.69) is 70.6 Å². The summed E-state index contributed by atoms with van der Waals surface area (Å²) in [7, 11) is 0. The number of thioether (sulfide) groups is 1. The predicted molar refractivity (Wildman–Crippen MR) is 103 cm³/mol. The van der Waals surface area contributed by atoms with E-state index in [1.54, 1.807) is 24.2 Å². The summed E-state index contributed by atoms with van der Waals surface area (Å²) < 4.78 is 5.90. The minimum Gasteiger partial charge on any atom is -0.411 e. The van der Waals surface area contributed by atoms with Crippen molar-refractivity contribution in [3.8, 4) is 11.5 Å². The maximum atomic E-state index is 5.90. The third-order valence-corrected chi connectivity index (χ3v) is 5.25. The van der Waals surface area contributed by atoms with Gasteiger partial charge in [0.2, 0.25) is 5.89 Å². The van der Waals surface area contributed by atoms with Crippen LogP contribution in [-0.4, -0.2) is 15.2 Å². The van der Waals surface area contributed by atoms with Gasteiger partial charge in [0.05, 0.1) is 5.25 Å². The van der Waals surface area contributed by atoms with Gasteiger partial charge >= 0.3 is 0 Å². The molecule has 26 heavy (non-hydrogen) atoms. The molecule has 0 fully saturated rings. The van der Waals surface area contributed by atoms with Crippen LogP contribution in [0.1, 0.15) is 21.9 Å². The second-order valence-electron chi connectivity index (χ2n) is 5.87. The maximum Gasteiger partial charge on any atom is 0.277 e. The highest BCUT2D eigenvalue weighted by atomic mass is 32.2. The topological polar surface area (TPSA) is 51.8 Å². The molecule has 0 N–H and O–H groups in total. The van der Waals surface area contributed by atoms with Crippen LogP contribution >= 0.6 is 11.8 Å². The van der Waals surface area contributed by atoms with Crippen molar-refractivity contribution in [2.75, 3.05) is 0 Å². The highest BCUT2D eigenvalue weighted by Crippen LogP contribution is 2.41. The molecule has 2 heterocycles. The maximum absolute atomic E-state index is 5.90. The zero-order valence-corrected chi connectivity index (χ0v) is 15.1. The third kappa shape index (κ3) is 3.53. The first-order valence-corrected chi connectivity index (χ1v) is 9.20. The standard InChI is InChI=1S/C21H17N3OS/c1-15-7-5-6-10-18(15)19(16-8-3-2-4-9-16)26-21-24-23-20(25-21)17-11-13-22-14-12-17/h2-14,19H,1H3. The van der Waals surface area contributed by atoms with Crippen molar-refractivity contribution >= 4 is 11.8 Å². The zero-order chi connectivity index (χ0) is 17.8. The summed E-state index contributed by atoms with van der Waals surface area (Å²) in [5.41, 5.74) is 4.55. The summed E-state index contributed by atoms with van der Waals surface area (Å²) in [6.07, 6.45) is 3.43. The van der Waals surface area contributed by atoms with E-state index in [0.717, 1.165) is 5.56 Å². The van der Waals surface area contributed by atoms with Crippen LogP contribution in [0, 0.1) is 6.92 Å². The van der Waals surface area contributed by atoms with Gasteiger partial charge in [0.1, 0.15) is 0 Å². The number of nitrogens with zero attached hydrogens (tertiary/aromatic N) is 3. The van der Waals surface area contributed by atoms with E-state index >= 15 is 0 Å². The Kier molecular flexibility index (Phi) is 4.80.